The fourth-order valence-corrected chi connectivity index (χ4v) is 2.72. The Morgan fingerprint density at radius 3 is 2.90 bits per heavy atom. The number of aryl methyl sites for hydroxylation is 1. The molecule has 0 spiro atoms. The first kappa shape index (κ1) is 12.7. The molecule has 0 radical (unpaired) electrons. The minimum Gasteiger partial charge on any atom is -0.477 e. The lowest BCUT2D eigenvalue weighted by Crippen LogP contribution is -2.18. The van der Waals surface area contributed by atoms with E-state index < -0.39 is 5.97 Å². The molecule has 20 heavy (non-hydrogen) atoms. The SMILES string of the molecule is O=C(O)c1cccc(NC2CCCc3ccccc32)n1. The topological polar surface area (TPSA) is 62.2 Å². The second-order valence-corrected chi connectivity index (χ2v) is 5.00. The minimum atomic E-state index is -1.00. The van der Waals surface area contributed by atoms with Crippen LogP contribution in [0.3, 0.4) is 0 Å². The Morgan fingerprint density at radius 2 is 2.05 bits per heavy atom. The summed E-state index contributed by atoms with van der Waals surface area (Å²) in [6.07, 6.45) is 3.28. The van der Waals surface area contributed by atoms with Crippen LogP contribution in [-0.2, 0) is 6.42 Å². The lowest BCUT2D eigenvalue weighted by atomic mass is 9.88. The molecule has 0 saturated carbocycles. The molecule has 2 aromatic rings. The van der Waals surface area contributed by atoms with E-state index in [1.165, 1.54) is 17.2 Å². The zero-order valence-electron chi connectivity index (χ0n) is 11.0. The van der Waals surface area contributed by atoms with Crippen LogP contribution in [-0.4, -0.2) is 16.1 Å². The number of hydrogen-bond acceptors (Lipinski definition) is 3. The summed E-state index contributed by atoms with van der Waals surface area (Å²) in [6.45, 7) is 0. The number of nitrogens with one attached hydrogen (secondary N) is 1. The van der Waals surface area contributed by atoms with E-state index in [0.717, 1.165) is 19.3 Å². The Bertz CT molecular complexity index is 640. The van der Waals surface area contributed by atoms with Crippen molar-refractivity contribution < 1.29 is 9.90 Å². The molecule has 1 aliphatic rings. The Kier molecular flexibility index (Phi) is 3.37. The van der Waals surface area contributed by atoms with Crippen molar-refractivity contribution in [3.8, 4) is 0 Å². The van der Waals surface area contributed by atoms with Crippen LogP contribution in [0.25, 0.3) is 0 Å². The van der Waals surface area contributed by atoms with Gasteiger partial charge in [0.05, 0.1) is 6.04 Å². The number of pyridine rings is 1. The molecule has 0 amide bonds. The first-order chi connectivity index (χ1) is 9.74. The van der Waals surface area contributed by atoms with E-state index in [2.05, 4.69) is 28.5 Å². The van der Waals surface area contributed by atoms with Gasteiger partial charge in [0.2, 0.25) is 0 Å². The first-order valence-corrected chi connectivity index (χ1v) is 6.79. The Balaban J connectivity index is 1.85. The highest BCUT2D eigenvalue weighted by Gasteiger charge is 2.20. The van der Waals surface area contributed by atoms with Gasteiger partial charge in [0, 0.05) is 0 Å². The van der Waals surface area contributed by atoms with Gasteiger partial charge in [-0.25, -0.2) is 9.78 Å². The zero-order valence-corrected chi connectivity index (χ0v) is 11.0. The number of anilines is 1. The molecule has 0 bridgehead atoms. The van der Waals surface area contributed by atoms with Gasteiger partial charge in [-0.3, -0.25) is 0 Å². The number of carboxylic acid groups (broad SMARTS) is 1. The average Bonchev–Trinajstić information content (AvgIpc) is 2.48. The molecule has 3 rings (SSSR count). The third-order valence-electron chi connectivity index (χ3n) is 3.66. The number of carboxylic acids is 1. The van der Waals surface area contributed by atoms with Crippen LogP contribution in [0.4, 0.5) is 5.82 Å². The van der Waals surface area contributed by atoms with Crippen molar-refractivity contribution in [1.82, 2.24) is 4.98 Å². The van der Waals surface area contributed by atoms with E-state index in [9.17, 15) is 4.79 Å². The predicted molar refractivity (Wildman–Crippen MR) is 76.9 cm³/mol. The molecule has 1 heterocycles. The molecule has 1 unspecified atom stereocenters. The van der Waals surface area contributed by atoms with Gasteiger partial charge < -0.3 is 10.4 Å². The van der Waals surface area contributed by atoms with E-state index in [1.54, 1.807) is 6.07 Å². The molecule has 1 aromatic carbocycles. The van der Waals surface area contributed by atoms with Crippen LogP contribution < -0.4 is 5.32 Å². The fraction of sp³-hybridized carbons (Fsp3) is 0.250. The molecule has 4 nitrogen and oxygen atoms in total. The van der Waals surface area contributed by atoms with Crippen LogP contribution in [0.5, 0.6) is 0 Å². The summed E-state index contributed by atoms with van der Waals surface area (Å²) in [5, 5.41) is 12.3. The van der Waals surface area contributed by atoms with Gasteiger partial charge in [0.1, 0.15) is 5.82 Å². The molecule has 1 atom stereocenters. The number of hydrogen-bond donors (Lipinski definition) is 2. The van der Waals surface area contributed by atoms with Crippen LogP contribution in [0, 0.1) is 0 Å². The highest BCUT2D eigenvalue weighted by Crippen LogP contribution is 2.31. The maximum atomic E-state index is 11.0. The third-order valence-corrected chi connectivity index (χ3v) is 3.66. The fourth-order valence-electron chi connectivity index (χ4n) is 2.72. The van der Waals surface area contributed by atoms with Crippen molar-refractivity contribution in [3.63, 3.8) is 0 Å². The van der Waals surface area contributed by atoms with Gasteiger partial charge in [0.15, 0.2) is 5.69 Å². The van der Waals surface area contributed by atoms with Crippen molar-refractivity contribution in [3.05, 3.63) is 59.3 Å². The monoisotopic (exact) mass is 268 g/mol. The van der Waals surface area contributed by atoms with Crippen molar-refractivity contribution in [1.29, 1.82) is 0 Å². The minimum absolute atomic E-state index is 0.0686. The number of fused-ring (bicyclic) bond motifs is 1. The van der Waals surface area contributed by atoms with E-state index >= 15 is 0 Å². The second kappa shape index (κ2) is 5.33. The number of aromatic carboxylic acids is 1. The van der Waals surface area contributed by atoms with Crippen molar-refractivity contribution in [2.45, 2.75) is 25.3 Å². The summed E-state index contributed by atoms with van der Waals surface area (Å²) < 4.78 is 0. The van der Waals surface area contributed by atoms with Gasteiger partial charge in [-0.2, -0.15) is 0 Å². The van der Waals surface area contributed by atoms with Crippen LogP contribution in [0.2, 0.25) is 0 Å². The van der Waals surface area contributed by atoms with E-state index in [0.29, 0.717) is 5.82 Å². The Hall–Kier alpha value is -2.36. The van der Waals surface area contributed by atoms with Crippen molar-refractivity contribution >= 4 is 11.8 Å². The molecule has 0 saturated heterocycles. The van der Waals surface area contributed by atoms with Gasteiger partial charge in [0.25, 0.3) is 0 Å². The molecular formula is C16H16N2O2. The average molecular weight is 268 g/mol. The third kappa shape index (κ3) is 2.50. The number of rotatable bonds is 3. The number of benzene rings is 1. The van der Waals surface area contributed by atoms with E-state index in [1.807, 2.05) is 12.1 Å². The summed E-state index contributed by atoms with van der Waals surface area (Å²) in [7, 11) is 0. The summed E-state index contributed by atoms with van der Waals surface area (Å²) in [5.41, 5.74) is 2.73. The molecule has 1 aliphatic carbocycles. The maximum Gasteiger partial charge on any atom is 0.354 e. The zero-order chi connectivity index (χ0) is 13.9. The van der Waals surface area contributed by atoms with Gasteiger partial charge in [-0.15, -0.1) is 0 Å². The quantitative estimate of drug-likeness (QED) is 0.896. The number of carbonyl (C=O) groups is 1. The molecular weight excluding hydrogens is 252 g/mol. The van der Waals surface area contributed by atoms with Gasteiger partial charge in [-0.1, -0.05) is 30.3 Å². The second-order valence-electron chi connectivity index (χ2n) is 5.00. The largest absolute Gasteiger partial charge is 0.477 e. The molecule has 102 valence electrons. The van der Waals surface area contributed by atoms with Gasteiger partial charge in [-0.05, 0) is 42.5 Å². The Labute approximate surface area is 117 Å². The summed E-state index contributed by atoms with van der Waals surface area (Å²) in [5.74, 6) is -0.385. The standard InChI is InChI=1S/C16H16N2O2/c19-16(20)14-9-4-10-15(18-14)17-13-8-3-6-11-5-1-2-7-12(11)13/h1-2,4-5,7,9-10,13H,3,6,8H2,(H,17,18)(H,19,20). The van der Waals surface area contributed by atoms with E-state index in [4.69, 9.17) is 5.11 Å². The normalized spacial score (nSPS) is 17.3. The highest BCUT2D eigenvalue weighted by molar-refractivity contribution is 5.85. The smallest absolute Gasteiger partial charge is 0.354 e. The van der Waals surface area contributed by atoms with Gasteiger partial charge >= 0.3 is 5.97 Å². The van der Waals surface area contributed by atoms with Crippen molar-refractivity contribution in [2.24, 2.45) is 0 Å². The summed E-state index contributed by atoms with van der Waals surface area (Å²) in [6, 6.07) is 13.6. The van der Waals surface area contributed by atoms with Crippen LogP contribution >= 0.6 is 0 Å². The molecule has 4 heteroatoms. The Morgan fingerprint density at radius 1 is 1.20 bits per heavy atom. The number of aromatic nitrogens is 1. The lowest BCUT2D eigenvalue weighted by Gasteiger charge is -2.26. The molecule has 0 fully saturated rings. The van der Waals surface area contributed by atoms with Crippen LogP contribution in [0.1, 0.15) is 40.5 Å². The molecule has 0 aliphatic heterocycles. The van der Waals surface area contributed by atoms with Crippen molar-refractivity contribution in [2.75, 3.05) is 5.32 Å². The summed E-state index contributed by atoms with van der Waals surface area (Å²) >= 11 is 0. The maximum absolute atomic E-state index is 11.0. The van der Waals surface area contributed by atoms with Crippen LogP contribution in [0.15, 0.2) is 42.5 Å². The number of nitrogens with zero attached hydrogens (tertiary/aromatic N) is 1. The van der Waals surface area contributed by atoms with E-state index in [-0.39, 0.29) is 11.7 Å². The first-order valence-electron chi connectivity index (χ1n) is 6.79. The predicted octanol–water partition coefficient (Wildman–Crippen LogP) is 3.27. The summed E-state index contributed by atoms with van der Waals surface area (Å²) in [4.78, 5) is 15.1. The molecule has 1 aromatic heterocycles. The highest BCUT2D eigenvalue weighted by atomic mass is 16.4. The lowest BCUT2D eigenvalue weighted by molar-refractivity contribution is 0.0690. The molecule has 2 N–H and O–H groups in total.